The van der Waals surface area contributed by atoms with Gasteiger partial charge in [-0.05, 0) is 48.9 Å². The van der Waals surface area contributed by atoms with Gasteiger partial charge in [0.25, 0.3) is 15.9 Å². The Morgan fingerprint density at radius 2 is 1.76 bits per heavy atom. The van der Waals surface area contributed by atoms with E-state index >= 15 is 0 Å². The summed E-state index contributed by atoms with van der Waals surface area (Å²) in [7, 11) is -1.20. The van der Waals surface area contributed by atoms with Crippen LogP contribution in [0.4, 0.5) is 5.69 Å². The summed E-state index contributed by atoms with van der Waals surface area (Å²) in [6.07, 6.45) is 4.62. The third kappa shape index (κ3) is 5.86. The van der Waals surface area contributed by atoms with Crippen molar-refractivity contribution in [1.29, 1.82) is 0 Å². The topological polar surface area (TPSA) is 110 Å². The highest BCUT2D eigenvalue weighted by Gasteiger charge is 2.29. The quantitative estimate of drug-likeness (QED) is 0.382. The van der Waals surface area contributed by atoms with E-state index in [0.29, 0.717) is 5.75 Å². The fraction of sp³-hybridized carbons (Fsp3) is 0.174. The van der Waals surface area contributed by atoms with E-state index in [4.69, 9.17) is 9.47 Å². The van der Waals surface area contributed by atoms with E-state index in [2.05, 4.69) is 15.5 Å². The zero-order valence-corrected chi connectivity index (χ0v) is 19.2. The monoisotopic (exact) mass is 468 g/mol. The van der Waals surface area contributed by atoms with Crippen LogP contribution in [0.15, 0.2) is 77.0 Å². The third-order valence-electron chi connectivity index (χ3n) is 4.66. The first kappa shape index (κ1) is 23.7. The average Bonchev–Trinajstić information content (AvgIpc) is 2.83. The van der Waals surface area contributed by atoms with Gasteiger partial charge in [0.2, 0.25) is 0 Å². The van der Waals surface area contributed by atoms with Gasteiger partial charge >= 0.3 is 0 Å². The van der Waals surface area contributed by atoms with Crippen LogP contribution in [-0.2, 0) is 14.8 Å². The highest BCUT2D eigenvalue weighted by Crippen LogP contribution is 2.35. The van der Waals surface area contributed by atoms with Crippen LogP contribution in [0.2, 0.25) is 0 Å². The zero-order chi connectivity index (χ0) is 23.8. The van der Waals surface area contributed by atoms with E-state index < -0.39 is 22.5 Å². The van der Waals surface area contributed by atoms with E-state index in [-0.39, 0.29) is 16.3 Å². The minimum absolute atomic E-state index is 0.0408. The minimum Gasteiger partial charge on any atom is -0.497 e. The van der Waals surface area contributed by atoms with Gasteiger partial charge in [-0.25, -0.2) is 13.8 Å². The maximum absolute atomic E-state index is 13.5. The number of sulfonamides is 1. The molecule has 10 heteroatoms. The molecule has 0 aliphatic rings. The number of pyridine rings is 1. The van der Waals surface area contributed by atoms with Crippen LogP contribution >= 0.6 is 0 Å². The average molecular weight is 469 g/mol. The van der Waals surface area contributed by atoms with Crippen LogP contribution in [0.5, 0.6) is 11.5 Å². The fourth-order valence-corrected chi connectivity index (χ4v) is 4.35. The molecular formula is C23H24N4O5S. The standard InChI is InChI=1S/C23H24N4O5S/c1-17-4-7-20(8-5-17)33(29,30)27(21-9-6-19(31-2)14-22(21)32-3)16-23(28)26-25-15-18-10-12-24-13-11-18/h4-15H,16H2,1-3H3,(H,26,28)/b25-15-. The summed E-state index contributed by atoms with van der Waals surface area (Å²) in [4.78, 5) is 16.6. The Kier molecular flexibility index (Phi) is 7.62. The molecule has 1 heterocycles. The molecule has 0 aliphatic carbocycles. The lowest BCUT2D eigenvalue weighted by atomic mass is 10.2. The molecule has 1 N–H and O–H groups in total. The van der Waals surface area contributed by atoms with Crippen molar-refractivity contribution in [2.45, 2.75) is 11.8 Å². The largest absolute Gasteiger partial charge is 0.497 e. The Bertz CT molecular complexity index is 1230. The number of aryl methyl sites for hydroxylation is 1. The number of methoxy groups -OCH3 is 2. The predicted octanol–water partition coefficient (Wildman–Crippen LogP) is 2.75. The van der Waals surface area contributed by atoms with Crippen LogP contribution < -0.4 is 19.2 Å². The number of nitrogens with zero attached hydrogens (tertiary/aromatic N) is 3. The molecule has 0 fully saturated rings. The van der Waals surface area contributed by atoms with E-state index in [1.54, 1.807) is 48.8 Å². The van der Waals surface area contributed by atoms with Crippen molar-refractivity contribution in [2.24, 2.45) is 5.10 Å². The van der Waals surface area contributed by atoms with E-state index in [1.165, 1.54) is 38.6 Å². The summed E-state index contributed by atoms with van der Waals surface area (Å²) in [6.45, 7) is 1.33. The smallest absolute Gasteiger partial charge is 0.264 e. The maximum atomic E-state index is 13.5. The summed E-state index contributed by atoms with van der Waals surface area (Å²) in [5.74, 6) is 0.0849. The second-order valence-corrected chi connectivity index (χ2v) is 8.80. The van der Waals surface area contributed by atoms with E-state index in [1.807, 2.05) is 6.92 Å². The number of ether oxygens (including phenoxy) is 2. The lowest BCUT2D eigenvalue weighted by Gasteiger charge is -2.25. The van der Waals surface area contributed by atoms with Crippen molar-refractivity contribution in [2.75, 3.05) is 25.1 Å². The van der Waals surface area contributed by atoms with Gasteiger partial charge in [0.15, 0.2) is 0 Å². The third-order valence-corrected chi connectivity index (χ3v) is 6.43. The molecule has 0 saturated carbocycles. The number of benzene rings is 2. The first-order chi connectivity index (χ1) is 15.8. The number of amides is 1. The summed E-state index contributed by atoms with van der Waals surface area (Å²) >= 11 is 0. The first-order valence-electron chi connectivity index (χ1n) is 9.88. The van der Waals surface area contributed by atoms with Crippen molar-refractivity contribution in [3.8, 4) is 11.5 Å². The number of hydrogen-bond acceptors (Lipinski definition) is 7. The number of nitrogens with one attached hydrogen (secondary N) is 1. The lowest BCUT2D eigenvalue weighted by molar-refractivity contribution is -0.119. The summed E-state index contributed by atoms with van der Waals surface area (Å²) < 4.78 is 38.6. The number of hydrazone groups is 1. The molecule has 0 aliphatic heterocycles. The van der Waals surface area contributed by atoms with Crippen molar-refractivity contribution in [1.82, 2.24) is 10.4 Å². The number of carbonyl (C=O) groups excluding carboxylic acids is 1. The second kappa shape index (κ2) is 10.6. The first-order valence-corrected chi connectivity index (χ1v) is 11.3. The predicted molar refractivity (Wildman–Crippen MR) is 125 cm³/mol. The number of anilines is 1. The highest BCUT2D eigenvalue weighted by atomic mass is 32.2. The van der Waals surface area contributed by atoms with Crippen molar-refractivity contribution in [3.63, 3.8) is 0 Å². The summed E-state index contributed by atoms with van der Waals surface area (Å²) in [6, 6.07) is 14.5. The second-order valence-electron chi connectivity index (χ2n) is 6.94. The summed E-state index contributed by atoms with van der Waals surface area (Å²) in [5, 5.41) is 3.90. The molecule has 2 aromatic carbocycles. The van der Waals surface area contributed by atoms with Crippen LogP contribution in [-0.4, -0.2) is 46.3 Å². The van der Waals surface area contributed by atoms with Gasteiger partial charge in [-0.3, -0.25) is 14.1 Å². The molecule has 0 saturated heterocycles. The number of aromatic nitrogens is 1. The maximum Gasteiger partial charge on any atom is 0.264 e. The molecule has 0 bridgehead atoms. The van der Waals surface area contributed by atoms with Crippen LogP contribution in [0, 0.1) is 6.92 Å². The number of rotatable bonds is 9. The van der Waals surface area contributed by atoms with Crippen LogP contribution in [0.3, 0.4) is 0 Å². The fourth-order valence-electron chi connectivity index (χ4n) is 2.92. The van der Waals surface area contributed by atoms with Crippen molar-refractivity contribution in [3.05, 3.63) is 78.1 Å². The van der Waals surface area contributed by atoms with Gasteiger partial charge in [-0.2, -0.15) is 5.10 Å². The molecule has 3 aromatic rings. The molecule has 0 radical (unpaired) electrons. The zero-order valence-electron chi connectivity index (χ0n) is 18.4. The van der Waals surface area contributed by atoms with Gasteiger partial charge in [-0.15, -0.1) is 0 Å². The van der Waals surface area contributed by atoms with E-state index in [9.17, 15) is 13.2 Å². The SMILES string of the molecule is COc1ccc(N(CC(=O)N/N=C\c2ccncc2)S(=O)(=O)c2ccc(C)cc2)c(OC)c1. The Morgan fingerprint density at radius 1 is 1.06 bits per heavy atom. The molecule has 0 atom stereocenters. The van der Waals surface area contributed by atoms with Crippen LogP contribution in [0.25, 0.3) is 0 Å². The Hall–Kier alpha value is -3.92. The molecule has 3 rings (SSSR count). The number of carbonyl (C=O) groups is 1. The van der Waals surface area contributed by atoms with Crippen molar-refractivity contribution >= 4 is 27.8 Å². The van der Waals surface area contributed by atoms with Crippen LogP contribution in [0.1, 0.15) is 11.1 Å². The highest BCUT2D eigenvalue weighted by molar-refractivity contribution is 7.92. The molecule has 0 spiro atoms. The molecule has 33 heavy (non-hydrogen) atoms. The normalized spacial score (nSPS) is 11.2. The molecule has 0 unspecified atom stereocenters. The van der Waals surface area contributed by atoms with Gasteiger partial charge in [0.1, 0.15) is 18.0 Å². The Morgan fingerprint density at radius 3 is 2.39 bits per heavy atom. The molecule has 1 aromatic heterocycles. The molecular weight excluding hydrogens is 444 g/mol. The van der Waals surface area contributed by atoms with E-state index in [0.717, 1.165) is 15.4 Å². The lowest BCUT2D eigenvalue weighted by Crippen LogP contribution is -2.39. The van der Waals surface area contributed by atoms with Gasteiger partial charge in [-0.1, -0.05) is 17.7 Å². The van der Waals surface area contributed by atoms with Gasteiger partial charge < -0.3 is 9.47 Å². The molecule has 1 amide bonds. The van der Waals surface area contributed by atoms with Crippen molar-refractivity contribution < 1.29 is 22.7 Å². The molecule has 172 valence electrons. The number of hydrogen-bond donors (Lipinski definition) is 1. The Balaban J connectivity index is 1.94. The van der Waals surface area contributed by atoms with Gasteiger partial charge in [0.05, 0.1) is 31.0 Å². The molecule has 9 nitrogen and oxygen atoms in total. The van der Waals surface area contributed by atoms with Gasteiger partial charge in [0, 0.05) is 18.5 Å². The Labute approximate surface area is 192 Å². The minimum atomic E-state index is -4.10. The summed E-state index contributed by atoms with van der Waals surface area (Å²) in [5.41, 5.74) is 4.19.